The molecule has 0 atom stereocenters. The normalized spacial score (nSPS) is 10.6. The van der Waals surface area contributed by atoms with Gasteiger partial charge in [-0.15, -0.1) is 0 Å². The van der Waals surface area contributed by atoms with Gasteiger partial charge in [0.05, 0.1) is 16.6 Å². The molecular weight excluding hydrogens is 273 g/mol. The van der Waals surface area contributed by atoms with Crippen molar-refractivity contribution < 1.29 is 5.11 Å². The van der Waals surface area contributed by atoms with Gasteiger partial charge in [-0.3, -0.25) is 4.79 Å². The van der Waals surface area contributed by atoms with E-state index in [1.807, 2.05) is 6.07 Å². The Bertz CT molecular complexity index is 650. The van der Waals surface area contributed by atoms with E-state index < -0.39 is 0 Å². The van der Waals surface area contributed by atoms with E-state index in [0.717, 1.165) is 5.56 Å². The highest BCUT2D eigenvalue weighted by Gasteiger charge is 2.08. The maximum absolute atomic E-state index is 11.8. The predicted molar refractivity (Wildman–Crippen MR) is 72.7 cm³/mol. The van der Waals surface area contributed by atoms with E-state index in [2.05, 4.69) is 0 Å². The van der Waals surface area contributed by atoms with E-state index in [9.17, 15) is 9.90 Å². The minimum absolute atomic E-state index is 0.0362. The number of rotatable bonds is 2. The van der Waals surface area contributed by atoms with Crippen LogP contribution in [0.1, 0.15) is 11.3 Å². The van der Waals surface area contributed by atoms with Crippen LogP contribution in [0.3, 0.4) is 0 Å². The van der Waals surface area contributed by atoms with Crippen LogP contribution in [0, 0.1) is 6.92 Å². The molecule has 1 aromatic heterocycles. The molecule has 1 heterocycles. The molecule has 1 aromatic carbocycles. The Morgan fingerprint density at radius 1 is 1.28 bits per heavy atom. The minimum Gasteiger partial charge on any atom is -0.508 e. The number of aryl methyl sites for hydroxylation is 1. The van der Waals surface area contributed by atoms with Gasteiger partial charge in [-0.2, -0.15) is 0 Å². The summed E-state index contributed by atoms with van der Waals surface area (Å²) in [6.45, 7) is 2.07. The van der Waals surface area contributed by atoms with Crippen LogP contribution in [0.25, 0.3) is 0 Å². The molecule has 0 saturated heterocycles. The van der Waals surface area contributed by atoms with Gasteiger partial charge in [0, 0.05) is 11.8 Å². The van der Waals surface area contributed by atoms with E-state index >= 15 is 0 Å². The fraction of sp³-hybridized carbons (Fsp3) is 0.154. The highest BCUT2D eigenvalue weighted by atomic mass is 35.5. The molecule has 0 aliphatic carbocycles. The second-order valence-corrected chi connectivity index (χ2v) is 4.78. The van der Waals surface area contributed by atoms with Crippen molar-refractivity contribution in [1.29, 1.82) is 0 Å². The van der Waals surface area contributed by atoms with Crippen molar-refractivity contribution in [3.05, 3.63) is 62.0 Å². The molecule has 0 amide bonds. The number of hydrogen-bond acceptors (Lipinski definition) is 2. The molecule has 1 N–H and O–H groups in total. The lowest BCUT2D eigenvalue weighted by atomic mass is 10.2. The largest absolute Gasteiger partial charge is 0.508 e. The average molecular weight is 284 g/mol. The summed E-state index contributed by atoms with van der Waals surface area (Å²) in [5.41, 5.74) is 1.15. The minimum atomic E-state index is -0.274. The van der Waals surface area contributed by atoms with Gasteiger partial charge in [-0.25, -0.2) is 0 Å². The second kappa shape index (κ2) is 5.04. The van der Waals surface area contributed by atoms with Crippen LogP contribution in [0.4, 0.5) is 0 Å². The van der Waals surface area contributed by atoms with Crippen molar-refractivity contribution in [2.75, 3.05) is 0 Å². The van der Waals surface area contributed by atoms with E-state index in [1.165, 1.54) is 16.7 Å². The van der Waals surface area contributed by atoms with Crippen molar-refractivity contribution in [2.24, 2.45) is 0 Å². The molecule has 2 rings (SSSR count). The summed E-state index contributed by atoms with van der Waals surface area (Å²) >= 11 is 12.0. The number of benzene rings is 1. The molecular formula is C13H11Cl2NO2. The fourth-order valence-electron chi connectivity index (χ4n) is 1.76. The van der Waals surface area contributed by atoms with Crippen LogP contribution in [0.5, 0.6) is 5.75 Å². The van der Waals surface area contributed by atoms with Crippen LogP contribution < -0.4 is 5.56 Å². The number of aromatic hydroxyl groups is 1. The van der Waals surface area contributed by atoms with E-state index in [0.29, 0.717) is 22.3 Å². The third kappa shape index (κ3) is 2.52. The van der Waals surface area contributed by atoms with Crippen molar-refractivity contribution >= 4 is 23.2 Å². The van der Waals surface area contributed by atoms with Gasteiger partial charge in [0.1, 0.15) is 5.75 Å². The highest BCUT2D eigenvalue weighted by molar-refractivity contribution is 6.42. The quantitative estimate of drug-likeness (QED) is 0.920. The van der Waals surface area contributed by atoms with Gasteiger partial charge in [-0.05, 0) is 24.6 Å². The molecule has 2 aromatic rings. The summed E-state index contributed by atoms with van der Waals surface area (Å²) in [6, 6.07) is 7.99. The topological polar surface area (TPSA) is 42.2 Å². The Morgan fingerprint density at radius 2 is 2.00 bits per heavy atom. The van der Waals surface area contributed by atoms with Gasteiger partial charge >= 0.3 is 0 Å². The van der Waals surface area contributed by atoms with Crippen LogP contribution >= 0.6 is 23.2 Å². The van der Waals surface area contributed by atoms with Crippen LogP contribution in [-0.2, 0) is 6.54 Å². The summed E-state index contributed by atoms with van der Waals surface area (Å²) in [5.74, 6) is -0.0362. The van der Waals surface area contributed by atoms with Crippen molar-refractivity contribution in [1.82, 2.24) is 4.57 Å². The molecule has 0 aliphatic rings. The van der Waals surface area contributed by atoms with Gasteiger partial charge in [0.2, 0.25) is 0 Å². The first-order valence-corrected chi connectivity index (χ1v) is 6.08. The molecule has 0 fully saturated rings. The maximum Gasteiger partial charge on any atom is 0.254 e. The van der Waals surface area contributed by atoms with E-state index in [-0.39, 0.29) is 11.3 Å². The number of pyridine rings is 1. The Labute approximate surface area is 114 Å². The molecule has 3 nitrogen and oxygen atoms in total. The van der Waals surface area contributed by atoms with Crippen molar-refractivity contribution in [3.63, 3.8) is 0 Å². The summed E-state index contributed by atoms with van der Waals surface area (Å²) in [5, 5.41) is 10.2. The van der Waals surface area contributed by atoms with Gasteiger partial charge in [0.15, 0.2) is 0 Å². The predicted octanol–water partition coefficient (Wildman–Crippen LogP) is 3.22. The Balaban J connectivity index is 2.47. The zero-order valence-electron chi connectivity index (χ0n) is 9.65. The second-order valence-electron chi connectivity index (χ2n) is 3.99. The Kier molecular flexibility index (Phi) is 3.64. The molecule has 0 unspecified atom stereocenters. The third-order valence-electron chi connectivity index (χ3n) is 2.68. The fourth-order valence-corrected chi connectivity index (χ4v) is 2.14. The van der Waals surface area contributed by atoms with E-state index in [4.69, 9.17) is 23.2 Å². The highest BCUT2D eigenvalue weighted by Crippen LogP contribution is 2.26. The van der Waals surface area contributed by atoms with Gasteiger partial charge in [0.25, 0.3) is 5.56 Å². The zero-order chi connectivity index (χ0) is 13.3. The first-order chi connectivity index (χ1) is 8.49. The molecule has 0 radical (unpaired) electrons. The van der Waals surface area contributed by atoms with Gasteiger partial charge in [-0.1, -0.05) is 35.3 Å². The molecule has 94 valence electrons. The summed E-state index contributed by atoms with van der Waals surface area (Å²) < 4.78 is 1.53. The zero-order valence-corrected chi connectivity index (χ0v) is 11.2. The standard InChI is InChI=1S/C13H11Cl2NO2/c1-8-5-10(17)6-12(18)16(8)7-9-3-2-4-11(14)13(9)15/h2-6,17H,7H2,1H3. The lowest BCUT2D eigenvalue weighted by Crippen LogP contribution is -2.21. The average Bonchev–Trinajstić information content (AvgIpc) is 2.28. The maximum atomic E-state index is 11.8. The van der Waals surface area contributed by atoms with Crippen LogP contribution in [-0.4, -0.2) is 9.67 Å². The first-order valence-electron chi connectivity index (χ1n) is 5.32. The Morgan fingerprint density at radius 3 is 2.67 bits per heavy atom. The summed E-state index contributed by atoms with van der Waals surface area (Å²) in [4.78, 5) is 11.8. The molecule has 5 heteroatoms. The lowest BCUT2D eigenvalue weighted by Gasteiger charge is -2.11. The van der Waals surface area contributed by atoms with E-state index in [1.54, 1.807) is 19.1 Å². The van der Waals surface area contributed by atoms with Crippen molar-refractivity contribution in [2.45, 2.75) is 13.5 Å². The molecule has 0 saturated carbocycles. The first kappa shape index (κ1) is 13.0. The molecule has 18 heavy (non-hydrogen) atoms. The molecule has 0 spiro atoms. The number of nitrogens with zero attached hydrogens (tertiary/aromatic N) is 1. The monoisotopic (exact) mass is 283 g/mol. The number of hydrogen-bond donors (Lipinski definition) is 1. The summed E-state index contributed by atoms with van der Waals surface area (Å²) in [7, 11) is 0. The van der Waals surface area contributed by atoms with Crippen molar-refractivity contribution in [3.8, 4) is 5.75 Å². The smallest absolute Gasteiger partial charge is 0.254 e. The molecule has 0 aliphatic heterocycles. The SMILES string of the molecule is Cc1cc(O)cc(=O)n1Cc1cccc(Cl)c1Cl. The van der Waals surface area contributed by atoms with Crippen LogP contribution in [0.2, 0.25) is 10.0 Å². The number of aromatic nitrogens is 1. The number of halogens is 2. The molecule has 0 bridgehead atoms. The lowest BCUT2D eigenvalue weighted by molar-refractivity contribution is 0.470. The van der Waals surface area contributed by atoms with Crippen LogP contribution in [0.15, 0.2) is 35.1 Å². The Hall–Kier alpha value is -1.45. The summed E-state index contributed by atoms with van der Waals surface area (Å²) in [6.07, 6.45) is 0. The third-order valence-corrected chi connectivity index (χ3v) is 3.54. The van der Waals surface area contributed by atoms with Gasteiger partial charge < -0.3 is 9.67 Å².